The van der Waals surface area contributed by atoms with Crippen molar-refractivity contribution in [1.82, 2.24) is 10.2 Å². The molecule has 92 valence electrons. The summed E-state index contributed by atoms with van der Waals surface area (Å²) < 4.78 is 0. The molecule has 0 aliphatic heterocycles. The number of hydrogen-bond acceptors (Lipinski definition) is 2. The van der Waals surface area contributed by atoms with Gasteiger partial charge in [-0.15, -0.1) is 0 Å². The highest BCUT2D eigenvalue weighted by atomic mass is 15.2. The molecule has 0 bridgehead atoms. The second-order valence-electron chi connectivity index (χ2n) is 5.04. The summed E-state index contributed by atoms with van der Waals surface area (Å²) in [6.45, 7) is 13.7. The Kier molecular flexibility index (Phi) is 8.07. The summed E-state index contributed by atoms with van der Waals surface area (Å²) >= 11 is 0. The van der Waals surface area contributed by atoms with Crippen LogP contribution in [0.5, 0.6) is 0 Å². The van der Waals surface area contributed by atoms with Gasteiger partial charge in [0.2, 0.25) is 0 Å². The van der Waals surface area contributed by atoms with Crippen molar-refractivity contribution in [3.63, 3.8) is 0 Å². The van der Waals surface area contributed by atoms with Crippen LogP contribution >= 0.6 is 0 Å². The molecule has 0 saturated carbocycles. The van der Waals surface area contributed by atoms with Gasteiger partial charge in [-0.05, 0) is 52.7 Å². The fraction of sp³-hybridized carbons (Fsp3) is 1.00. The summed E-state index contributed by atoms with van der Waals surface area (Å²) in [6, 6.07) is 1.35. The first kappa shape index (κ1) is 14.9. The third-order valence-corrected chi connectivity index (χ3v) is 3.47. The zero-order valence-corrected chi connectivity index (χ0v) is 11.5. The molecular formula is C13H30N2. The lowest BCUT2D eigenvalue weighted by molar-refractivity contribution is 0.151. The highest BCUT2D eigenvalue weighted by molar-refractivity contribution is 4.73. The van der Waals surface area contributed by atoms with E-state index in [2.05, 4.69) is 51.9 Å². The molecule has 0 saturated heterocycles. The third kappa shape index (κ3) is 6.16. The first-order chi connectivity index (χ1) is 7.00. The first-order valence-electron chi connectivity index (χ1n) is 6.43. The van der Waals surface area contributed by atoms with E-state index in [1.807, 2.05) is 0 Å². The molecule has 0 aromatic carbocycles. The molecule has 0 fully saturated rings. The molecule has 0 aromatic rings. The van der Waals surface area contributed by atoms with Crippen molar-refractivity contribution in [3.8, 4) is 0 Å². The van der Waals surface area contributed by atoms with E-state index in [4.69, 9.17) is 0 Å². The lowest BCUT2D eigenvalue weighted by atomic mass is 10.0. The van der Waals surface area contributed by atoms with Gasteiger partial charge in [0.25, 0.3) is 0 Å². The maximum absolute atomic E-state index is 3.46. The van der Waals surface area contributed by atoms with Crippen molar-refractivity contribution in [2.45, 2.75) is 59.5 Å². The van der Waals surface area contributed by atoms with Gasteiger partial charge < -0.3 is 10.2 Å². The van der Waals surface area contributed by atoms with Crippen LogP contribution in [-0.2, 0) is 0 Å². The summed E-state index contributed by atoms with van der Waals surface area (Å²) in [5.41, 5.74) is 0. The minimum atomic E-state index is 0.672. The van der Waals surface area contributed by atoms with E-state index in [-0.39, 0.29) is 0 Å². The molecule has 2 heteroatoms. The smallest absolute Gasteiger partial charge is 0.00897 e. The average molecular weight is 214 g/mol. The summed E-state index contributed by atoms with van der Waals surface area (Å²) in [7, 11) is 2.25. The van der Waals surface area contributed by atoms with Crippen LogP contribution in [0.3, 0.4) is 0 Å². The van der Waals surface area contributed by atoms with Crippen LogP contribution in [-0.4, -0.2) is 37.1 Å². The van der Waals surface area contributed by atoms with E-state index in [9.17, 15) is 0 Å². The van der Waals surface area contributed by atoms with Crippen LogP contribution in [0.1, 0.15) is 47.5 Å². The fourth-order valence-electron chi connectivity index (χ4n) is 1.69. The van der Waals surface area contributed by atoms with Crippen LogP contribution in [0.15, 0.2) is 0 Å². The highest BCUT2D eigenvalue weighted by Crippen LogP contribution is 2.12. The molecule has 1 N–H and O–H groups in total. The Balaban J connectivity index is 3.73. The van der Waals surface area contributed by atoms with Crippen molar-refractivity contribution in [2.24, 2.45) is 5.92 Å². The second-order valence-corrected chi connectivity index (χ2v) is 5.04. The van der Waals surface area contributed by atoms with Gasteiger partial charge in [-0.2, -0.15) is 0 Å². The van der Waals surface area contributed by atoms with Gasteiger partial charge in [0.1, 0.15) is 0 Å². The van der Waals surface area contributed by atoms with Gasteiger partial charge >= 0.3 is 0 Å². The number of hydrogen-bond donors (Lipinski definition) is 1. The third-order valence-electron chi connectivity index (χ3n) is 3.47. The van der Waals surface area contributed by atoms with Crippen LogP contribution < -0.4 is 5.32 Å². The van der Waals surface area contributed by atoms with Gasteiger partial charge in [0.05, 0.1) is 0 Å². The van der Waals surface area contributed by atoms with E-state index in [0.29, 0.717) is 12.1 Å². The van der Waals surface area contributed by atoms with Gasteiger partial charge in [-0.1, -0.05) is 20.8 Å². The second kappa shape index (κ2) is 8.12. The Labute approximate surface area is 96.4 Å². The summed E-state index contributed by atoms with van der Waals surface area (Å²) in [4.78, 5) is 2.50. The van der Waals surface area contributed by atoms with Crippen molar-refractivity contribution < 1.29 is 0 Å². The molecule has 0 spiro atoms. The van der Waals surface area contributed by atoms with Gasteiger partial charge in [-0.25, -0.2) is 0 Å². The number of nitrogens with one attached hydrogen (secondary N) is 1. The molecule has 15 heavy (non-hydrogen) atoms. The summed E-state index contributed by atoms with van der Waals surface area (Å²) in [6.07, 6.45) is 2.47. The quantitative estimate of drug-likeness (QED) is 0.625. The lowest BCUT2D eigenvalue weighted by Crippen LogP contribution is -2.41. The first-order valence-corrected chi connectivity index (χ1v) is 6.43. The average Bonchev–Trinajstić information content (AvgIpc) is 2.21. The molecule has 0 amide bonds. The fourth-order valence-corrected chi connectivity index (χ4v) is 1.69. The van der Waals surface area contributed by atoms with Crippen LogP contribution in [0.25, 0.3) is 0 Å². The van der Waals surface area contributed by atoms with Crippen molar-refractivity contribution >= 4 is 0 Å². The van der Waals surface area contributed by atoms with E-state index in [1.165, 1.54) is 12.8 Å². The Morgan fingerprint density at radius 1 is 1.07 bits per heavy atom. The zero-order chi connectivity index (χ0) is 11.8. The van der Waals surface area contributed by atoms with E-state index in [1.54, 1.807) is 0 Å². The number of rotatable bonds is 8. The van der Waals surface area contributed by atoms with E-state index < -0.39 is 0 Å². The largest absolute Gasteiger partial charge is 0.317 e. The van der Waals surface area contributed by atoms with Crippen molar-refractivity contribution in [3.05, 3.63) is 0 Å². The van der Waals surface area contributed by atoms with Gasteiger partial charge in [0, 0.05) is 12.1 Å². The Bertz CT molecular complexity index is 145. The van der Waals surface area contributed by atoms with Crippen LogP contribution in [0.2, 0.25) is 0 Å². The standard InChI is InChI=1S/C13H30N2/c1-7-9-14-10-8-12(4)15(6)13(5)11(2)3/h11-14H,7-10H2,1-6H3. The molecule has 2 nitrogen and oxygen atoms in total. The number of nitrogens with zero attached hydrogens (tertiary/aromatic N) is 1. The Morgan fingerprint density at radius 2 is 1.67 bits per heavy atom. The molecular weight excluding hydrogens is 184 g/mol. The van der Waals surface area contributed by atoms with Crippen LogP contribution in [0.4, 0.5) is 0 Å². The Hall–Kier alpha value is -0.0800. The monoisotopic (exact) mass is 214 g/mol. The minimum Gasteiger partial charge on any atom is -0.317 e. The molecule has 0 aliphatic rings. The van der Waals surface area contributed by atoms with E-state index >= 15 is 0 Å². The predicted octanol–water partition coefficient (Wildman–Crippen LogP) is 2.74. The zero-order valence-electron chi connectivity index (χ0n) is 11.5. The predicted molar refractivity (Wildman–Crippen MR) is 69.3 cm³/mol. The van der Waals surface area contributed by atoms with Gasteiger partial charge in [0.15, 0.2) is 0 Å². The molecule has 0 aromatic heterocycles. The SMILES string of the molecule is CCCNCCC(C)N(C)C(C)C(C)C. The van der Waals surface area contributed by atoms with E-state index in [0.717, 1.165) is 19.0 Å². The molecule has 2 atom stereocenters. The molecule has 0 rings (SSSR count). The Morgan fingerprint density at radius 3 is 2.13 bits per heavy atom. The summed E-state index contributed by atoms with van der Waals surface area (Å²) in [5, 5.41) is 3.46. The van der Waals surface area contributed by atoms with Crippen molar-refractivity contribution in [2.75, 3.05) is 20.1 Å². The normalized spacial score (nSPS) is 16.0. The summed E-state index contributed by atoms with van der Waals surface area (Å²) in [5.74, 6) is 0.737. The minimum absolute atomic E-state index is 0.672. The molecule has 0 aliphatic carbocycles. The highest BCUT2D eigenvalue weighted by Gasteiger charge is 2.17. The molecule has 0 radical (unpaired) electrons. The molecule has 2 unspecified atom stereocenters. The lowest BCUT2D eigenvalue weighted by Gasteiger charge is -2.33. The maximum atomic E-state index is 3.46. The molecule has 0 heterocycles. The van der Waals surface area contributed by atoms with Crippen LogP contribution in [0, 0.1) is 5.92 Å². The maximum Gasteiger partial charge on any atom is 0.00897 e. The topological polar surface area (TPSA) is 15.3 Å². The van der Waals surface area contributed by atoms with Gasteiger partial charge in [-0.3, -0.25) is 0 Å². The van der Waals surface area contributed by atoms with Crippen molar-refractivity contribution in [1.29, 1.82) is 0 Å².